The Morgan fingerprint density at radius 2 is 1.94 bits per heavy atom. The zero-order valence-electron chi connectivity index (χ0n) is 9.89. The topological polar surface area (TPSA) is 41.1 Å². The smallest absolute Gasteiger partial charge is 0.239 e. The molecule has 17 heavy (non-hydrogen) atoms. The van der Waals surface area contributed by atoms with Crippen LogP contribution in [-0.2, 0) is 4.79 Å². The van der Waals surface area contributed by atoms with Gasteiger partial charge in [0.2, 0.25) is 5.91 Å². The van der Waals surface area contributed by atoms with E-state index in [0.29, 0.717) is 15.7 Å². The lowest BCUT2D eigenvalue weighted by Gasteiger charge is -2.13. The van der Waals surface area contributed by atoms with Crippen LogP contribution in [0.25, 0.3) is 0 Å². The minimum atomic E-state index is -0.0738. The van der Waals surface area contributed by atoms with Gasteiger partial charge < -0.3 is 10.6 Å². The summed E-state index contributed by atoms with van der Waals surface area (Å²) in [4.78, 5) is 11.5. The highest BCUT2D eigenvalue weighted by atomic mass is 35.5. The van der Waals surface area contributed by atoms with Gasteiger partial charge in [-0.1, -0.05) is 36.2 Å². The lowest BCUT2D eigenvalue weighted by Crippen LogP contribution is -2.36. The number of para-hydroxylation sites is 1. The van der Waals surface area contributed by atoms with Gasteiger partial charge in [0.25, 0.3) is 0 Å². The predicted octanol–water partition coefficient (Wildman–Crippen LogP) is 3.32. The van der Waals surface area contributed by atoms with E-state index in [4.69, 9.17) is 23.2 Å². The van der Waals surface area contributed by atoms with Crippen LogP contribution in [0, 0.1) is 0 Å². The Hall–Kier alpha value is -0.930. The number of anilines is 1. The van der Waals surface area contributed by atoms with Gasteiger partial charge in [0.15, 0.2) is 0 Å². The van der Waals surface area contributed by atoms with Crippen molar-refractivity contribution in [2.45, 2.75) is 26.3 Å². The van der Waals surface area contributed by atoms with Crippen LogP contribution in [0.5, 0.6) is 0 Å². The van der Waals surface area contributed by atoms with E-state index in [1.165, 1.54) is 0 Å². The lowest BCUT2D eigenvalue weighted by molar-refractivity contribution is -0.120. The van der Waals surface area contributed by atoms with Gasteiger partial charge in [0.1, 0.15) is 0 Å². The molecular weight excluding hydrogens is 259 g/mol. The summed E-state index contributed by atoms with van der Waals surface area (Å²) in [5.41, 5.74) is 0.593. The van der Waals surface area contributed by atoms with E-state index in [1.54, 1.807) is 18.2 Å². The summed E-state index contributed by atoms with van der Waals surface area (Å²) in [5.74, 6) is -0.0738. The molecule has 0 fully saturated rings. The first kappa shape index (κ1) is 14.1. The number of carbonyl (C=O) groups is 1. The van der Waals surface area contributed by atoms with E-state index in [1.807, 2.05) is 13.8 Å². The second kappa shape index (κ2) is 6.72. The molecule has 5 heteroatoms. The minimum absolute atomic E-state index is 0.0738. The van der Waals surface area contributed by atoms with Crippen LogP contribution in [0.2, 0.25) is 10.0 Å². The maximum absolute atomic E-state index is 11.5. The van der Waals surface area contributed by atoms with Crippen LogP contribution in [-0.4, -0.2) is 18.5 Å². The highest BCUT2D eigenvalue weighted by Crippen LogP contribution is 2.29. The molecule has 1 unspecified atom stereocenters. The Kier molecular flexibility index (Phi) is 5.59. The van der Waals surface area contributed by atoms with Gasteiger partial charge in [0, 0.05) is 6.04 Å². The zero-order valence-corrected chi connectivity index (χ0v) is 11.4. The van der Waals surface area contributed by atoms with Gasteiger partial charge >= 0.3 is 0 Å². The second-order valence-electron chi connectivity index (χ2n) is 3.83. The van der Waals surface area contributed by atoms with Crippen LogP contribution in [0.3, 0.4) is 0 Å². The van der Waals surface area contributed by atoms with E-state index in [-0.39, 0.29) is 18.5 Å². The Morgan fingerprint density at radius 1 is 1.35 bits per heavy atom. The molecule has 1 rings (SSSR count). The van der Waals surface area contributed by atoms with E-state index in [0.717, 1.165) is 6.42 Å². The fraction of sp³-hybridized carbons (Fsp3) is 0.417. The first-order valence-corrected chi connectivity index (χ1v) is 6.27. The van der Waals surface area contributed by atoms with Crippen molar-refractivity contribution in [2.24, 2.45) is 0 Å². The highest BCUT2D eigenvalue weighted by molar-refractivity contribution is 6.39. The average Bonchev–Trinajstić information content (AvgIpc) is 2.28. The summed E-state index contributed by atoms with van der Waals surface area (Å²) in [6, 6.07) is 5.38. The molecule has 0 bridgehead atoms. The first-order valence-electron chi connectivity index (χ1n) is 5.51. The maximum atomic E-state index is 11.5. The van der Waals surface area contributed by atoms with Gasteiger partial charge in [-0.2, -0.15) is 0 Å². The standard InChI is InChI=1S/C12H16Cl2N2O/c1-3-8(2)16-11(17)7-15-12-9(13)5-4-6-10(12)14/h4-6,8,15H,3,7H2,1-2H3,(H,16,17). The molecule has 1 aromatic rings. The largest absolute Gasteiger partial charge is 0.374 e. The summed E-state index contributed by atoms with van der Waals surface area (Å²) in [6.07, 6.45) is 0.901. The molecule has 1 atom stereocenters. The van der Waals surface area contributed by atoms with Crippen molar-refractivity contribution in [3.05, 3.63) is 28.2 Å². The predicted molar refractivity (Wildman–Crippen MR) is 72.8 cm³/mol. The van der Waals surface area contributed by atoms with Crippen LogP contribution < -0.4 is 10.6 Å². The fourth-order valence-corrected chi connectivity index (χ4v) is 1.79. The summed E-state index contributed by atoms with van der Waals surface area (Å²) in [7, 11) is 0. The number of nitrogens with one attached hydrogen (secondary N) is 2. The average molecular weight is 275 g/mol. The van der Waals surface area contributed by atoms with Crippen LogP contribution in [0.4, 0.5) is 5.69 Å². The van der Waals surface area contributed by atoms with E-state index < -0.39 is 0 Å². The number of benzene rings is 1. The summed E-state index contributed by atoms with van der Waals surface area (Å²) in [5, 5.41) is 6.80. The van der Waals surface area contributed by atoms with Gasteiger partial charge in [0.05, 0.1) is 22.3 Å². The molecule has 0 aliphatic rings. The Morgan fingerprint density at radius 3 is 2.47 bits per heavy atom. The Labute approximate surface area is 111 Å². The van der Waals surface area contributed by atoms with Crippen LogP contribution in [0.15, 0.2) is 18.2 Å². The summed E-state index contributed by atoms with van der Waals surface area (Å²) < 4.78 is 0. The third-order valence-electron chi connectivity index (χ3n) is 2.41. The third kappa shape index (κ3) is 4.44. The highest BCUT2D eigenvalue weighted by Gasteiger charge is 2.08. The number of hydrogen-bond donors (Lipinski definition) is 2. The SMILES string of the molecule is CCC(C)NC(=O)CNc1c(Cl)cccc1Cl. The molecule has 2 N–H and O–H groups in total. The molecule has 0 radical (unpaired) electrons. The maximum Gasteiger partial charge on any atom is 0.239 e. The van der Waals surface area contributed by atoms with Crippen molar-refractivity contribution < 1.29 is 4.79 Å². The molecule has 3 nitrogen and oxygen atoms in total. The zero-order chi connectivity index (χ0) is 12.8. The monoisotopic (exact) mass is 274 g/mol. The van der Waals surface area contributed by atoms with E-state index in [9.17, 15) is 4.79 Å². The molecule has 1 amide bonds. The van der Waals surface area contributed by atoms with Gasteiger partial charge in [-0.15, -0.1) is 0 Å². The lowest BCUT2D eigenvalue weighted by atomic mass is 10.2. The second-order valence-corrected chi connectivity index (χ2v) is 4.64. The molecule has 0 saturated heterocycles. The van der Waals surface area contributed by atoms with Crippen LogP contribution >= 0.6 is 23.2 Å². The molecule has 1 aromatic carbocycles. The van der Waals surface area contributed by atoms with Gasteiger partial charge in [-0.25, -0.2) is 0 Å². The van der Waals surface area contributed by atoms with Crippen LogP contribution in [0.1, 0.15) is 20.3 Å². The normalized spacial score (nSPS) is 12.0. The number of amides is 1. The molecule has 0 heterocycles. The first-order chi connectivity index (χ1) is 8.04. The van der Waals surface area contributed by atoms with E-state index >= 15 is 0 Å². The number of halogens is 2. The minimum Gasteiger partial charge on any atom is -0.374 e. The molecule has 0 spiro atoms. The molecule has 0 saturated carbocycles. The third-order valence-corrected chi connectivity index (χ3v) is 3.04. The van der Waals surface area contributed by atoms with Gasteiger partial charge in [-0.05, 0) is 25.5 Å². The van der Waals surface area contributed by atoms with Gasteiger partial charge in [-0.3, -0.25) is 4.79 Å². The van der Waals surface area contributed by atoms with Crippen molar-refractivity contribution in [3.63, 3.8) is 0 Å². The quantitative estimate of drug-likeness (QED) is 0.865. The molecule has 94 valence electrons. The number of rotatable bonds is 5. The van der Waals surface area contributed by atoms with Crippen molar-refractivity contribution in [3.8, 4) is 0 Å². The molecular formula is C12H16Cl2N2O. The number of hydrogen-bond acceptors (Lipinski definition) is 2. The molecule has 0 aliphatic heterocycles. The van der Waals surface area contributed by atoms with Crippen molar-refractivity contribution in [1.82, 2.24) is 5.32 Å². The van der Waals surface area contributed by atoms with Crippen molar-refractivity contribution >= 4 is 34.8 Å². The fourth-order valence-electron chi connectivity index (χ4n) is 1.26. The van der Waals surface area contributed by atoms with Crippen molar-refractivity contribution in [2.75, 3.05) is 11.9 Å². The molecule has 0 aromatic heterocycles. The summed E-state index contributed by atoms with van der Waals surface area (Å²) in [6.45, 7) is 4.14. The summed E-state index contributed by atoms with van der Waals surface area (Å²) >= 11 is 11.9. The van der Waals surface area contributed by atoms with E-state index in [2.05, 4.69) is 10.6 Å². The Balaban J connectivity index is 2.53. The Bertz CT molecular complexity index is 376. The number of carbonyl (C=O) groups excluding carboxylic acids is 1. The van der Waals surface area contributed by atoms with Crippen molar-refractivity contribution in [1.29, 1.82) is 0 Å². The molecule has 0 aliphatic carbocycles.